The van der Waals surface area contributed by atoms with Gasteiger partial charge in [-0.3, -0.25) is 24.7 Å². The summed E-state index contributed by atoms with van der Waals surface area (Å²) in [6.07, 6.45) is 6.60. The molecule has 1 fully saturated rings. The maximum absolute atomic E-state index is 13.2. The highest BCUT2D eigenvalue weighted by atomic mass is 35.5. The number of halogens is 1. The van der Waals surface area contributed by atoms with Crippen molar-refractivity contribution in [2.24, 2.45) is 5.92 Å². The van der Waals surface area contributed by atoms with Crippen molar-refractivity contribution in [1.82, 2.24) is 14.8 Å². The number of nitrogens with zero attached hydrogens (tertiary/aromatic N) is 4. The lowest BCUT2D eigenvalue weighted by Crippen LogP contribution is -2.18. The maximum atomic E-state index is 13.2. The Hall–Kier alpha value is -3.39. The van der Waals surface area contributed by atoms with Crippen LogP contribution in [0, 0.1) is 29.9 Å². The minimum atomic E-state index is -0.734. The van der Waals surface area contributed by atoms with Gasteiger partial charge in [-0.15, -0.1) is 0 Å². The molecule has 33 heavy (non-hydrogen) atoms. The van der Waals surface area contributed by atoms with Crippen LogP contribution in [0.15, 0.2) is 42.9 Å². The highest BCUT2D eigenvalue weighted by Gasteiger charge is 2.42. The Morgan fingerprint density at radius 1 is 1.18 bits per heavy atom. The van der Waals surface area contributed by atoms with E-state index in [4.69, 9.17) is 11.6 Å². The number of rotatable bonds is 7. The van der Waals surface area contributed by atoms with Crippen LogP contribution in [0.5, 0.6) is 0 Å². The van der Waals surface area contributed by atoms with E-state index in [1.54, 1.807) is 23.1 Å². The SMILES string of the molecule is Cc1cc(-n2cc(Cl)cn2)cc(C)c1C1C(=O)CC(CCCc2ccc([N+](=O)[O-])cn2)C1=O. The van der Waals surface area contributed by atoms with Gasteiger partial charge in [0.05, 0.1) is 21.8 Å². The van der Waals surface area contributed by atoms with Crippen LogP contribution in [-0.2, 0) is 16.0 Å². The first-order chi connectivity index (χ1) is 15.7. The average molecular weight is 467 g/mol. The molecule has 3 aromatic rings. The highest BCUT2D eigenvalue weighted by molar-refractivity contribution is 6.30. The molecular weight excluding hydrogens is 444 g/mol. The normalized spacial score (nSPS) is 18.2. The summed E-state index contributed by atoms with van der Waals surface area (Å²) in [5.74, 6) is -1.12. The molecule has 1 aromatic carbocycles. The van der Waals surface area contributed by atoms with Crippen LogP contribution in [0.1, 0.15) is 47.6 Å². The monoisotopic (exact) mass is 466 g/mol. The molecule has 1 saturated carbocycles. The first kappa shape index (κ1) is 22.8. The summed E-state index contributed by atoms with van der Waals surface area (Å²) in [6, 6.07) is 6.89. The molecule has 2 unspecified atom stereocenters. The Balaban J connectivity index is 1.45. The van der Waals surface area contributed by atoms with E-state index in [0.29, 0.717) is 24.3 Å². The van der Waals surface area contributed by atoms with Crippen molar-refractivity contribution < 1.29 is 14.5 Å². The van der Waals surface area contributed by atoms with Crippen LogP contribution >= 0.6 is 11.6 Å². The van der Waals surface area contributed by atoms with E-state index in [-0.39, 0.29) is 29.6 Å². The molecule has 9 heteroatoms. The molecule has 0 aliphatic heterocycles. The van der Waals surface area contributed by atoms with Crippen molar-refractivity contribution in [3.05, 3.63) is 80.4 Å². The van der Waals surface area contributed by atoms with Gasteiger partial charge in [-0.05, 0) is 68.0 Å². The van der Waals surface area contributed by atoms with Crippen molar-refractivity contribution in [3.63, 3.8) is 0 Å². The molecule has 0 spiro atoms. The number of hydrogen-bond acceptors (Lipinski definition) is 6. The topological polar surface area (TPSA) is 108 Å². The third kappa shape index (κ3) is 4.71. The first-order valence-corrected chi connectivity index (χ1v) is 11.1. The van der Waals surface area contributed by atoms with Gasteiger partial charge >= 0.3 is 0 Å². The summed E-state index contributed by atoms with van der Waals surface area (Å²) in [5.41, 5.74) is 4.04. The van der Waals surface area contributed by atoms with Crippen LogP contribution in [0.2, 0.25) is 5.02 Å². The van der Waals surface area contributed by atoms with Crippen LogP contribution < -0.4 is 0 Å². The van der Waals surface area contributed by atoms with Gasteiger partial charge < -0.3 is 0 Å². The Labute approximate surface area is 195 Å². The molecule has 2 atom stereocenters. The molecule has 4 rings (SSSR count). The van der Waals surface area contributed by atoms with E-state index in [0.717, 1.165) is 28.1 Å². The first-order valence-electron chi connectivity index (χ1n) is 10.7. The molecule has 1 aliphatic carbocycles. The lowest BCUT2D eigenvalue weighted by molar-refractivity contribution is -0.385. The predicted molar refractivity (Wildman–Crippen MR) is 123 cm³/mol. The Morgan fingerprint density at radius 3 is 2.48 bits per heavy atom. The standard InChI is InChI=1S/C24H23ClN4O4/c1-14-8-20(28-13-17(25)11-27-28)9-15(2)22(14)23-21(30)10-16(24(23)31)4-3-5-18-6-7-19(12-26-18)29(32)33/h6-9,11-13,16,23H,3-5,10H2,1-2H3. The molecule has 8 nitrogen and oxygen atoms in total. The number of aromatic nitrogens is 3. The third-order valence-corrected chi connectivity index (χ3v) is 6.34. The Morgan fingerprint density at radius 2 is 1.91 bits per heavy atom. The van der Waals surface area contributed by atoms with Gasteiger partial charge in [0.25, 0.3) is 5.69 Å². The number of Topliss-reactive ketones (excluding diaryl/α,β-unsaturated/α-hetero) is 2. The smallest absolute Gasteiger partial charge is 0.287 e. The quantitative estimate of drug-likeness (QED) is 0.283. The number of ketones is 2. The zero-order valence-electron chi connectivity index (χ0n) is 18.3. The van der Waals surface area contributed by atoms with E-state index < -0.39 is 10.8 Å². The summed E-state index contributed by atoms with van der Waals surface area (Å²) in [6.45, 7) is 3.82. The second-order valence-electron chi connectivity index (χ2n) is 8.46. The highest BCUT2D eigenvalue weighted by Crippen LogP contribution is 2.38. The van der Waals surface area contributed by atoms with Crippen molar-refractivity contribution >= 4 is 28.9 Å². The molecule has 1 aliphatic rings. The molecule has 0 amide bonds. The molecule has 0 saturated heterocycles. The van der Waals surface area contributed by atoms with Gasteiger partial charge in [0.1, 0.15) is 17.9 Å². The fourth-order valence-electron chi connectivity index (χ4n) is 4.59. The number of carbonyl (C=O) groups is 2. The zero-order valence-corrected chi connectivity index (χ0v) is 19.1. The molecule has 0 bridgehead atoms. The van der Waals surface area contributed by atoms with Gasteiger partial charge in [-0.2, -0.15) is 5.10 Å². The minimum absolute atomic E-state index is 0.0299. The largest absolute Gasteiger partial charge is 0.298 e. The predicted octanol–water partition coefficient (Wildman–Crippen LogP) is 4.71. The molecule has 2 aromatic heterocycles. The number of pyridine rings is 1. The zero-order chi connectivity index (χ0) is 23.7. The number of carbonyl (C=O) groups excluding carboxylic acids is 2. The van der Waals surface area contributed by atoms with E-state index in [2.05, 4.69) is 10.1 Å². The molecule has 0 radical (unpaired) electrons. The van der Waals surface area contributed by atoms with Crippen molar-refractivity contribution in [1.29, 1.82) is 0 Å². The van der Waals surface area contributed by atoms with Crippen LogP contribution in [0.3, 0.4) is 0 Å². The van der Waals surface area contributed by atoms with E-state index >= 15 is 0 Å². The van der Waals surface area contributed by atoms with Gasteiger partial charge in [-0.1, -0.05) is 11.6 Å². The number of aryl methyl sites for hydroxylation is 3. The van der Waals surface area contributed by atoms with E-state index in [1.165, 1.54) is 12.3 Å². The molecule has 2 heterocycles. The molecule has 170 valence electrons. The number of hydrogen-bond donors (Lipinski definition) is 0. The second kappa shape index (κ2) is 9.23. The van der Waals surface area contributed by atoms with E-state index in [9.17, 15) is 19.7 Å². The van der Waals surface area contributed by atoms with Crippen molar-refractivity contribution in [2.75, 3.05) is 0 Å². The molecule has 0 N–H and O–H groups in total. The summed E-state index contributed by atoms with van der Waals surface area (Å²) in [4.78, 5) is 40.4. The summed E-state index contributed by atoms with van der Waals surface area (Å²) in [7, 11) is 0. The van der Waals surface area contributed by atoms with Gasteiger partial charge in [0.2, 0.25) is 0 Å². The number of nitro groups is 1. The van der Waals surface area contributed by atoms with Gasteiger partial charge in [0.15, 0.2) is 5.78 Å². The lowest BCUT2D eigenvalue weighted by Gasteiger charge is -2.17. The Bertz CT molecular complexity index is 1210. The van der Waals surface area contributed by atoms with Crippen LogP contribution in [0.4, 0.5) is 5.69 Å². The Kier molecular flexibility index (Phi) is 6.37. The number of benzene rings is 1. The van der Waals surface area contributed by atoms with E-state index in [1.807, 2.05) is 26.0 Å². The average Bonchev–Trinajstić information content (AvgIpc) is 3.32. The third-order valence-electron chi connectivity index (χ3n) is 6.14. The van der Waals surface area contributed by atoms with Crippen molar-refractivity contribution in [2.45, 2.75) is 45.4 Å². The fraction of sp³-hybridized carbons (Fsp3) is 0.333. The fourth-order valence-corrected chi connectivity index (χ4v) is 4.72. The minimum Gasteiger partial charge on any atom is -0.298 e. The summed E-state index contributed by atoms with van der Waals surface area (Å²) in [5, 5.41) is 15.5. The van der Waals surface area contributed by atoms with Crippen molar-refractivity contribution in [3.8, 4) is 5.69 Å². The molecular formula is C24H23ClN4O4. The second-order valence-corrected chi connectivity index (χ2v) is 8.89. The lowest BCUT2D eigenvalue weighted by atomic mass is 9.86. The van der Waals surface area contributed by atoms with Crippen LogP contribution in [0.25, 0.3) is 5.69 Å². The summed E-state index contributed by atoms with van der Waals surface area (Å²) >= 11 is 5.98. The maximum Gasteiger partial charge on any atom is 0.287 e. The summed E-state index contributed by atoms with van der Waals surface area (Å²) < 4.78 is 1.67. The van der Waals surface area contributed by atoms with Crippen LogP contribution in [-0.4, -0.2) is 31.3 Å². The van der Waals surface area contributed by atoms with Gasteiger partial charge in [-0.25, -0.2) is 4.68 Å². The van der Waals surface area contributed by atoms with Gasteiger partial charge in [0, 0.05) is 30.3 Å².